The third-order valence-electron chi connectivity index (χ3n) is 4.73. The van der Waals surface area contributed by atoms with Crippen LogP contribution in [0.15, 0.2) is 5.38 Å². The Kier molecular flexibility index (Phi) is 9.33. The highest BCUT2D eigenvalue weighted by atomic mass is 32.1. The fourth-order valence-electron chi connectivity index (χ4n) is 2.95. The normalized spacial score (nSPS) is 14.1. The first-order valence-corrected chi connectivity index (χ1v) is 10.3. The smallest absolute Gasteiger partial charge is 0.303 e. The van der Waals surface area contributed by atoms with Crippen molar-refractivity contribution in [2.75, 3.05) is 7.05 Å². The molecule has 1 aromatic heterocycles. The lowest BCUT2D eigenvalue weighted by Gasteiger charge is -2.34. The Bertz CT molecular complexity index is 735. The molecule has 0 fully saturated rings. The molecule has 28 heavy (non-hydrogen) atoms. The second-order valence-electron chi connectivity index (χ2n) is 7.25. The summed E-state index contributed by atoms with van der Waals surface area (Å²) < 4.78 is 5.49. The molecular formula is C21H30N2O4S. The molecule has 6 nitrogen and oxygen atoms in total. The van der Waals surface area contributed by atoms with Crippen LogP contribution in [0, 0.1) is 24.2 Å². The lowest BCUT2D eigenvalue weighted by molar-refractivity contribution is -0.148. The van der Waals surface area contributed by atoms with E-state index < -0.39 is 12.1 Å². The number of nitrogens with zero attached hydrogens (tertiary/aromatic N) is 2. The monoisotopic (exact) mass is 406 g/mol. The lowest BCUT2D eigenvalue weighted by Crippen LogP contribution is -2.42. The number of esters is 1. The van der Waals surface area contributed by atoms with Crippen LogP contribution in [0.3, 0.4) is 0 Å². The van der Waals surface area contributed by atoms with Crippen LogP contribution in [0.2, 0.25) is 0 Å². The van der Waals surface area contributed by atoms with Gasteiger partial charge < -0.3 is 9.64 Å². The lowest BCUT2D eigenvalue weighted by atomic mass is 9.95. The predicted molar refractivity (Wildman–Crippen MR) is 110 cm³/mol. The molecule has 1 heterocycles. The van der Waals surface area contributed by atoms with Crippen molar-refractivity contribution in [3.63, 3.8) is 0 Å². The van der Waals surface area contributed by atoms with E-state index in [2.05, 4.69) is 10.9 Å². The summed E-state index contributed by atoms with van der Waals surface area (Å²) in [4.78, 5) is 41.9. The van der Waals surface area contributed by atoms with Crippen molar-refractivity contribution in [3.05, 3.63) is 16.1 Å². The Morgan fingerprint density at radius 1 is 1.32 bits per heavy atom. The van der Waals surface area contributed by atoms with Gasteiger partial charge in [-0.15, -0.1) is 23.7 Å². The SMILES string of the molecule is C#C[C@@H](CC)CC(=O)N(C)[C@H](C[C@@H](OC(C)=O)c1nc(C(C)=O)cs1)C(C)C. The van der Waals surface area contributed by atoms with Gasteiger partial charge in [-0.3, -0.25) is 14.4 Å². The molecule has 0 N–H and O–H groups in total. The number of hydrogen-bond acceptors (Lipinski definition) is 6. The molecule has 7 heteroatoms. The molecule has 0 aliphatic carbocycles. The van der Waals surface area contributed by atoms with Crippen molar-refractivity contribution in [1.29, 1.82) is 0 Å². The van der Waals surface area contributed by atoms with E-state index in [0.29, 0.717) is 17.1 Å². The molecule has 0 saturated heterocycles. The number of amides is 1. The molecule has 0 radical (unpaired) electrons. The molecule has 0 bridgehead atoms. The summed E-state index contributed by atoms with van der Waals surface area (Å²) in [7, 11) is 1.75. The van der Waals surface area contributed by atoms with Crippen LogP contribution < -0.4 is 0 Å². The summed E-state index contributed by atoms with van der Waals surface area (Å²) in [5.41, 5.74) is 0.350. The van der Waals surface area contributed by atoms with Crippen molar-refractivity contribution in [3.8, 4) is 12.3 Å². The van der Waals surface area contributed by atoms with Gasteiger partial charge in [0.05, 0.1) is 0 Å². The van der Waals surface area contributed by atoms with Gasteiger partial charge in [0.15, 0.2) is 11.9 Å². The van der Waals surface area contributed by atoms with E-state index in [1.54, 1.807) is 17.3 Å². The van der Waals surface area contributed by atoms with Crippen molar-refractivity contribution in [2.24, 2.45) is 11.8 Å². The van der Waals surface area contributed by atoms with E-state index in [0.717, 1.165) is 6.42 Å². The Hall–Kier alpha value is -2.20. The third kappa shape index (κ3) is 6.75. The average molecular weight is 407 g/mol. The third-order valence-corrected chi connectivity index (χ3v) is 5.67. The number of thiazole rings is 1. The minimum absolute atomic E-state index is 0.0337. The number of hydrogen-bond donors (Lipinski definition) is 0. The number of rotatable bonds is 10. The van der Waals surface area contributed by atoms with Crippen LogP contribution in [-0.4, -0.2) is 40.6 Å². The van der Waals surface area contributed by atoms with Gasteiger partial charge in [-0.1, -0.05) is 20.8 Å². The second kappa shape index (κ2) is 11.0. The van der Waals surface area contributed by atoms with Gasteiger partial charge >= 0.3 is 5.97 Å². The molecule has 1 amide bonds. The van der Waals surface area contributed by atoms with E-state index in [1.807, 2.05) is 20.8 Å². The highest BCUT2D eigenvalue weighted by molar-refractivity contribution is 7.09. The van der Waals surface area contributed by atoms with Gasteiger partial charge in [0, 0.05) is 51.1 Å². The number of ether oxygens (including phenoxy) is 1. The van der Waals surface area contributed by atoms with Crippen LogP contribution in [-0.2, 0) is 14.3 Å². The predicted octanol–water partition coefficient (Wildman–Crippen LogP) is 3.87. The molecular weight excluding hydrogens is 376 g/mol. The molecule has 0 aliphatic rings. The summed E-state index contributed by atoms with van der Waals surface area (Å²) in [6.45, 7) is 8.77. The second-order valence-corrected chi connectivity index (χ2v) is 8.14. The fraction of sp³-hybridized carbons (Fsp3) is 0.619. The van der Waals surface area contributed by atoms with Crippen molar-refractivity contribution in [2.45, 2.75) is 66.0 Å². The van der Waals surface area contributed by atoms with E-state index >= 15 is 0 Å². The first-order chi connectivity index (χ1) is 13.1. The number of carbonyl (C=O) groups is 3. The molecule has 0 spiro atoms. The average Bonchev–Trinajstić information content (AvgIpc) is 3.12. The molecule has 0 saturated carbocycles. The van der Waals surface area contributed by atoms with Gasteiger partial charge in [0.1, 0.15) is 10.7 Å². The topological polar surface area (TPSA) is 76.6 Å². The van der Waals surface area contributed by atoms with E-state index in [1.165, 1.54) is 25.2 Å². The van der Waals surface area contributed by atoms with Crippen LogP contribution in [0.1, 0.15) is 75.5 Å². The summed E-state index contributed by atoms with van der Waals surface area (Å²) in [5, 5.41) is 2.22. The highest BCUT2D eigenvalue weighted by Crippen LogP contribution is 2.30. The van der Waals surface area contributed by atoms with Crippen LogP contribution in [0.5, 0.6) is 0 Å². The first-order valence-electron chi connectivity index (χ1n) is 9.45. The minimum Gasteiger partial charge on any atom is -0.455 e. The number of ketones is 1. The number of aromatic nitrogens is 1. The molecule has 1 rings (SSSR count). The standard InChI is InChI=1S/C21H30N2O4S/c1-8-16(9-2)10-20(26)23(7)18(13(3)4)11-19(27-15(6)25)21-22-17(12-28-21)14(5)24/h1,12-13,16,18-19H,9-11H2,2-7H3/t16-,18+,19+/m0/s1. The van der Waals surface area contributed by atoms with Gasteiger partial charge in [-0.05, 0) is 12.3 Å². The maximum Gasteiger partial charge on any atom is 0.303 e. The molecule has 3 atom stereocenters. The summed E-state index contributed by atoms with van der Waals surface area (Å²) in [5.74, 6) is 2.08. The fourth-order valence-corrected chi connectivity index (χ4v) is 3.85. The van der Waals surface area contributed by atoms with Gasteiger partial charge in [0.25, 0.3) is 0 Å². The molecule has 154 valence electrons. The summed E-state index contributed by atoms with van der Waals surface area (Å²) in [6, 6.07) is -0.170. The number of terminal acetylenes is 1. The maximum absolute atomic E-state index is 12.7. The Balaban J connectivity index is 3.05. The Morgan fingerprint density at radius 3 is 2.39 bits per heavy atom. The first kappa shape index (κ1) is 23.8. The zero-order chi connectivity index (χ0) is 21.4. The van der Waals surface area contributed by atoms with Gasteiger partial charge in [-0.25, -0.2) is 4.98 Å². The van der Waals surface area contributed by atoms with Gasteiger partial charge in [-0.2, -0.15) is 0 Å². The summed E-state index contributed by atoms with van der Waals surface area (Å²) >= 11 is 1.28. The maximum atomic E-state index is 12.7. The zero-order valence-electron chi connectivity index (χ0n) is 17.5. The number of Topliss-reactive ketones (excluding diaryl/α,β-unsaturated/α-hetero) is 1. The van der Waals surface area contributed by atoms with Crippen molar-refractivity contribution in [1.82, 2.24) is 9.88 Å². The van der Waals surface area contributed by atoms with Crippen LogP contribution in [0.4, 0.5) is 0 Å². The zero-order valence-corrected chi connectivity index (χ0v) is 18.3. The van der Waals surface area contributed by atoms with Gasteiger partial charge in [0.2, 0.25) is 5.91 Å². The van der Waals surface area contributed by atoms with Crippen molar-refractivity contribution < 1.29 is 19.1 Å². The van der Waals surface area contributed by atoms with E-state index in [-0.39, 0.29) is 36.0 Å². The van der Waals surface area contributed by atoms with Crippen LogP contribution in [0.25, 0.3) is 0 Å². The van der Waals surface area contributed by atoms with Crippen molar-refractivity contribution >= 4 is 29.0 Å². The quantitative estimate of drug-likeness (QED) is 0.335. The molecule has 0 aliphatic heterocycles. The van der Waals surface area contributed by atoms with E-state index in [4.69, 9.17) is 11.2 Å². The minimum atomic E-state index is -0.618. The van der Waals surface area contributed by atoms with Crippen LogP contribution >= 0.6 is 11.3 Å². The van der Waals surface area contributed by atoms with E-state index in [9.17, 15) is 14.4 Å². The number of carbonyl (C=O) groups excluding carboxylic acids is 3. The highest BCUT2D eigenvalue weighted by Gasteiger charge is 2.30. The summed E-state index contributed by atoms with van der Waals surface area (Å²) in [6.07, 6.45) is 6.31. The Morgan fingerprint density at radius 2 is 1.96 bits per heavy atom. The molecule has 0 unspecified atom stereocenters. The molecule has 1 aromatic rings. The molecule has 0 aromatic carbocycles. The Labute approximate surface area is 171 Å². The largest absolute Gasteiger partial charge is 0.455 e.